The van der Waals surface area contributed by atoms with Crippen LogP contribution in [-0.4, -0.2) is 20.1 Å². The van der Waals surface area contributed by atoms with Crippen molar-refractivity contribution in [2.24, 2.45) is 0 Å². The molecule has 4 heterocycles. The van der Waals surface area contributed by atoms with Crippen LogP contribution in [0.25, 0.3) is 22.2 Å². The van der Waals surface area contributed by atoms with E-state index in [2.05, 4.69) is 30.7 Å². The van der Waals surface area contributed by atoms with E-state index in [1.807, 2.05) is 6.07 Å². The average molecular weight is 341 g/mol. The lowest BCUT2D eigenvalue weighted by Crippen LogP contribution is -2.32. The van der Waals surface area contributed by atoms with Crippen molar-refractivity contribution in [3.63, 3.8) is 0 Å². The van der Waals surface area contributed by atoms with Crippen molar-refractivity contribution in [3.8, 4) is 0 Å². The lowest BCUT2D eigenvalue weighted by atomic mass is 9.95. The van der Waals surface area contributed by atoms with Crippen LogP contribution >= 0.6 is 0 Å². The Balaban J connectivity index is 1.82. The molecule has 0 aliphatic carbocycles. The normalized spacial score (nSPS) is 16.4. The van der Waals surface area contributed by atoms with E-state index in [-0.39, 0.29) is 11.2 Å². The van der Waals surface area contributed by atoms with Crippen molar-refractivity contribution in [1.82, 2.24) is 14.5 Å². The predicted octanol–water partition coefficient (Wildman–Crippen LogP) is 3.58. The first kappa shape index (κ1) is 16.3. The number of aryl methyl sites for hydroxylation is 1. The van der Waals surface area contributed by atoms with Gasteiger partial charge < -0.3 is 9.15 Å². The third-order valence-corrected chi connectivity index (χ3v) is 4.82. The minimum Gasteiger partial charge on any atom is -0.430 e. The minimum absolute atomic E-state index is 0.131. The van der Waals surface area contributed by atoms with Gasteiger partial charge in [0, 0.05) is 18.5 Å². The highest BCUT2D eigenvalue weighted by molar-refractivity contribution is 6.00. The number of aromatic nitrogens is 3. The molecular formula is C19H23N3O3. The number of pyridine rings is 1. The molecule has 0 bridgehead atoms. The third kappa shape index (κ3) is 2.84. The fourth-order valence-corrected chi connectivity index (χ4v) is 3.37. The van der Waals surface area contributed by atoms with E-state index in [1.165, 1.54) is 0 Å². The van der Waals surface area contributed by atoms with Crippen molar-refractivity contribution in [2.45, 2.75) is 65.2 Å². The third-order valence-electron chi connectivity index (χ3n) is 4.82. The zero-order valence-electron chi connectivity index (χ0n) is 15.0. The van der Waals surface area contributed by atoms with Gasteiger partial charge in [-0.3, -0.25) is 9.36 Å². The number of unbranched alkanes of at least 4 members (excludes halogenated alkanes) is 2. The first-order valence-corrected chi connectivity index (χ1v) is 8.93. The van der Waals surface area contributed by atoms with Gasteiger partial charge in [0.1, 0.15) is 5.52 Å². The number of fused-ring (bicyclic) bond motifs is 4. The van der Waals surface area contributed by atoms with Crippen LogP contribution in [0.3, 0.4) is 0 Å². The molecule has 0 amide bonds. The Hall–Kier alpha value is -2.21. The summed E-state index contributed by atoms with van der Waals surface area (Å²) in [7, 11) is 0. The van der Waals surface area contributed by atoms with E-state index in [1.54, 1.807) is 10.9 Å². The first-order valence-electron chi connectivity index (χ1n) is 8.93. The largest absolute Gasteiger partial charge is 0.430 e. The molecule has 0 unspecified atom stereocenters. The fraction of sp³-hybridized carbons (Fsp3) is 0.526. The molecule has 25 heavy (non-hydrogen) atoms. The van der Waals surface area contributed by atoms with E-state index in [0.29, 0.717) is 30.0 Å². The zero-order valence-corrected chi connectivity index (χ0v) is 15.0. The summed E-state index contributed by atoms with van der Waals surface area (Å²) in [4.78, 5) is 21.8. The molecule has 0 atom stereocenters. The zero-order chi connectivity index (χ0) is 17.6. The maximum Gasteiger partial charge on any atom is 0.297 e. The van der Waals surface area contributed by atoms with Crippen LogP contribution in [-0.2, 0) is 24.3 Å². The summed E-state index contributed by atoms with van der Waals surface area (Å²) in [6.45, 7) is 7.43. The maximum absolute atomic E-state index is 12.7. The first-order chi connectivity index (χ1) is 12.0. The van der Waals surface area contributed by atoms with Crippen LogP contribution in [0.15, 0.2) is 21.6 Å². The molecule has 0 spiro atoms. The Morgan fingerprint density at radius 2 is 2.16 bits per heavy atom. The lowest BCUT2D eigenvalue weighted by Gasteiger charge is -2.30. The second-order valence-electron chi connectivity index (χ2n) is 7.40. The van der Waals surface area contributed by atoms with Crippen LogP contribution in [0.5, 0.6) is 0 Å². The topological polar surface area (TPSA) is 70.2 Å². The van der Waals surface area contributed by atoms with Gasteiger partial charge in [-0.1, -0.05) is 19.8 Å². The number of nitrogens with zero attached hydrogens (tertiary/aromatic N) is 3. The highest BCUT2D eigenvalue weighted by atomic mass is 16.5. The predicted molar refractivity (Wildman–Crippen MR) is 95.7 cm³/mol. The monoisotopic (exact) mass is 341 g/mol. The Kier molecular flexibility index (Phi) is 3.87. The van der Waals surface area contributed by atoms with Crippen molar-refractivity contribution >= 4 is 22.2 Å². The Morgan fingerprint density at radius 3 is 2.96 bits per heavy atom. The smallest absolute Gasteiger partial charge is 0.297 e. The van der Waals surface area contributed by atoms with E-state index in [9.17, 15) is 4.79 Å². The van der Waals surface area contributed by atoms with Gasteiger partial charge in [-0.05, 0) is 26.3 Å². The molecule has 1 aliphatic rings. The van der Waals surface area contributed by atoms with E-state index in [0.717, 1.165) is 42.3 Å². The summed E-state index contributed by atoms with van der Waals surface area (Å²) in [5.41, 5.74) is 3.03. The molecule has 4 rings (SSSR count). The van der Waals surface area contributed by atoms with Crippen LogP contribution < -0.4 is 5.56 Å². The molecule has 0 fully saturated rings. The molecule has 0 radical (unpaired) electrons. The summed E-state index contributed by atoms with van der Waals surface area (Å²) in [6.07, 6.45) is 5.51. The maximum atomic E-state index is 12.7. The van der Waals surface area contributed by atoms with Gasteiger partial charge in [0.05, 0.1) is 29.6 Å². The van der Waals surface area contributed by atoms with Gasteiger partial charge in [-0.25, -0.2) is 9.97 Å². The molecule has 3 aromatic rings. The van der Waals surface area contributed by atoms with Gasteiger partial charge in [-0.15, -0.1) is 0 Å². The second kappa shape index (κ2) is 5.95. The molecule has 3 aromatic heterocycles. The quantitative estimate of drug-likeness (QED) is 0.678. The Morgan fingerprint density at radius 1 is 1.32 bits per heavy atom. The summed E-state index contributed by atoms with van der Waals surface area (Å²) < 4.78 is 13.3. The number of hydrogen-bond donors (Lipinski definition) is 0. The SMILES string of the molecule is CCCCCn1cnc2c(oc3nc4c(cc32)COC(C)(C)C4)c1=O. The fourth-order valence-electron chi connectivity index (χ4n) is 3.37. The lowest BCUT2D eigenvalue weighted by molar-refractivity contribution is -0.0411. The summed E-state index contributed by atoms with van der Waals surface area (Å²) in [6, 6.07) is 2.01. The van der Waals surface area contributed by atoms with Crippen molar-refractivity contribution in [1.29, 1.82) is 0 Å². The van der Waals surface area contributed by atoms with Crippen molar-refractivity contribution in [3.05, 3.63) is 34.0 Å². The van der Waals surface area contributed by atoms with Crippen LogP contribution in [0.1, 0.15) is 51.3 Å². The van der Waals surface area contributed by atoms with E-state index < -0.39 is 0 Å². The number of hydrogen-bond acceptors (Lipinski definition) is 5. The molecule has 0 N–H and O–H groups in total. The molecule has 0 saturated carbocycles. The summed E-state index contributed by atoms with van der Waals surface area (Å²) >= 11 is 0. The second-order valence-corrected chi connectivity index (χ2v) is 7.40. The Bertz CT molecular complexity index is 1000. The van der Waals surface area contributed by atoms with Crippen LogP contribution in [0, 0.1) is 0 Å². The van der Waals surface area contributed by atoms with E-state index in [4.69, 9.17) is 9.15 Å². The summed E-state index contributed by atoms with van der Waals surface area (Å²) in [5, 5.41) is 0.787. The van der Waals surface area contributed by atoms with Gasteiger partial charge in [0.2, 0.25) is 11.3 Å². The average Bonchev–Trinajstić information content (AvgIpc) is 2.93. The molecule has 132 valence electrons. The van der Waals surface area contributed by atoms with E-state index >= 15 is 0 Å². The molecule has 1 aliphatic heterocycles. The molecule has 0 aromatic carbocycles. The van der Waals surface area contributed by atoms with Gasteiger partial charge in [-0.2, -0.15) is 0 Å². The Labute approximate surface area is 145 Å². The minimum atomic E-state index is -0.232. The summed E-state index contributed by atoms with van der Waals surface area (Å²) in [5.74, 6) is 0. The number of furan rings is 1. The van der Waals surface area contributed by atoms with Gasteiger partial charge in [0.15, 0.2) is 0 Å². The van der Waals surface area contributed by atoms with Crippen molar-refractivity contribution < 1.29 is 9.15 Å². The number of rotatable bonds is 4. The number of ether oxygens (including phenoxy) is 1. The van der Waals surface area contributed by atoms with Crippen LogP contribution in [0.2, 0.25) is 0 Å². The van der Waals surface area contributed by atoms with Gasteiger partial charge >= 0.3 is 0 Å². The standard InChI is InChI=1S/C19H23N3O3/c1-4-5-6-7-22-11-20-15-13-8-12-10-24-19(2,3)9-14(12)21-17(13)25-16(15)18(22)23/h8,11H,4-7,9-10H2,1-3H3. The van der Waals surface area contributed by atoms with Gasteiger partial charge in [0.25, 0.3) is 5.56 Å². The van der Waals surface area contributed by atoms with Crippen molar-refractivity contribution in [2.75, 3.05) is 0 Å². The molecule has 6 nitrogen and oxygen atoms in total. The molecular weight excluding hydrogens is 318 g/mol. The van der Waals surface area contributed by atoms with Crippen LogP contribution in [0.4, 0.5) is 0 Å². The highest BCUT2D eigenvalue weighted by Crippen LogP contribution is 2.31. The molecule has 6 heteroatoms. The molecule has 0 saturated heterocycles. The highest BCUT2D eigenvalue weighted by Gasteiger charge is 2.28.